The molecule has 2 heterocycles. The minimum atomic E-state index is -0.342. The van der Waals surface area contributed by atoms with Crippen LogP contribution < -0.4 is 15.4 Å². The second-order valence-electron chi connectivity index (χ2n) is 9.93. The number of carbonyl (C=O) groups excluding carboxylic acids is 3. The normalized spacial score (nSPS) is 22.4. The van der Waals surface area contributed by atoms with Gasteiger partial charge < -0.3 is 25.0 Å². The Morgan fingerprint density at radius 3 is 2.56 bits per heavy atom. The summed E-state index contributed by atoms with van der Waals surface area (Å²) >= 11 is 0. The van der Waals surface area contributed by atoms with E-state index in [2.05, 4.69) is 10.6 Å². The zero-order chi connectivity index (χ0) is 25.8. The van der Waals surface area contributed by atoms with E-state index in [4.69, 9.17) is 9.47 Å². The molecule has 2 aromatic rings. The van der Waals surface area contributed by atoms with Crippen LogP contribution in [-0.2, 0) is 14.3 Å². The van der Waals surface area contributed by atoms with Gasteiger partial charge in [0.1, 0.15) is 18.5 Å². The van der Waals surface area contributed by atoms with E-state index in [0.29, 0.717) is 29.8 Å². The molecular weight excluding hydrogens is 458 g/mol. The number of carbonyl (C=O) groups is 3. The van der Waals surface area contributed by atoms with Crippen LogP contribution in [0.2, 0.25) is 0 Å². The van der Waals surface area contributed by atoms with E-state index in [1.807, 2.05) is 51.1 Å². The second-order valence-corrected chi connectivity index (χ2v) is 9.93. The quantitative estimate of drug-likeness (QED) is 0.636. The molecule has 8 heteroatoms. The third kappa shape index (κ3) is 5.87. The van der Waals surface area contributed by atoms with Crippen molar-refractivity contribution in [2.45, 2.75) is 64.3 Å². The Labute approximate surface area is 212 Å². The number of benzene rings is 2. The molecule has 0 spiro atoms. The third-order valence-electron chi connectivity index (χ3n) is 6.89. The number of nitrogens with zero attached hydrogens (tertiary/aromatic N) is 1. The van der Waals surface area contributed by atoms with Gasteiger partial charge in [0.25, 0.3) is 5.91 Å². The van der Waals surface area contributed by atoms with Crippen molar-refractivity contribution in [3.8, 4) is 5.75 Å². The topological polar surface area (TPSA) is 97.0 Å². The predicted octanol–water partition coefficient (Wildman–Crippen LogP) is 3.93. The van der Waals surface area contributed by atoms with Crippen LogP contribution in [0.5, 0.6) is 5.75 Å². The molecule has 0 bridgehead atoms. The molecule has 1 fully saturated rings. The van der Waals surface area contributed by atoms with Crippen LogP contribution in [0.3, 0.4) is 0 Å². The molecule has 192 valence electrons. The molecule has 2 aliphatic heterocycles. The number of rotatable bonds is 6. The van der Waals surface area contributed by atoms with Gasteiger partial charge in [-0.2, -0.15) is 0 Å². The highest BCUT2D eigenvalue weighted by molar-refractivity contribution is 6.00. The molecule has 0 unspecified atom stereocenters. The minimum Gasteiger partial charge on any atom is -0.490 e. The molecule has 2 aliphatic rings. The van der Waals surface area contributed by atoms with Crippen molar-refractivity contribution in [2.24, 2.45) is 5.92 Å². The fourth-order valence-corrected chi connectivity index (χ4v) is 4.72. The average molecular weight is 494 g/mol. The molecule has 0 saturated carbocycles. The first-order valence-corrected chi connectivity index (χ1v) is 12.6. The predicted molar refractivity (Wildman–Crippen MR) is 137 cm³/mol. The average Bonchev–Trinajstić information content (AvgIpc) is 2.86. The largest absolute Gasteiger partial charge is 0.490 e. The lowest BCUT2D eigenvalue weighted by Gasteiger charge is -2.42. The lowest BCUT2D eigenvalue weighted by atomic mass is 9.94. The van der Waals surface area contributed by atoms with Gasteiger partial charge in [-0.15, -0.1) is 0 Å². The molecule has 36 heavy (non-hydrogen) atoms. The van der Waals surface area contributed by atoms with E-state index in [1.54, 1.807) is 30.1 Å². The number of anilines is 1. The summed E-state index contributed by atoms with van der Waals surface area (Å²) in [4.78, 5) is 39.8. The molecule has 4 rings (SSSR count). The van der Waals surface area contributed by atoms with Crippen molar-refractivity contribution in [3.63, 3.8) is 0 Å². The Balaban J connectivity index is 1.40. The van der Waals surface area contributed by atoms with E-state index in [-0.39, 0.29) is 61.0 Å². The third-order valence-corrected chi connectivity index (χ3v) is 6.89. The van der Waals surface area contributed by atoms with Crippen molar-refractivity contribution in [1.29, 1.82) is 0 Å². The highest BCUT2D eigenvalue weighted by atomic mass is 16.5. The summed E-state index contributed by atoms with van der Waals surface area (Å²) in [6.07, 6.45) is 1.05. The van der Waals surface area contributed by atoms with Gasteiger partial charge >= 0.3 is 0 Å². The van der Waals surface area contributed by atoms with Crippen molar-refractivity contribution in [2.75, 3.05) is 19.0 Å². The van der Waals surface area contributed by atoms with Crippen LogP contribution in [0.1, 0.15) is 62.0 Å². The maximum Gasteiger partial charge on any atom is 0.257 e. The molecule has 0 aromatic heterocycles. The summed E-state index contributed by atoms with van der Waals surface area (Å²) in [5, 5.41) is 5.89. The Hall–Kier alpha value is -3.39. The highest BCUT2D eigenvalue weighted by Gasteiger charge is 2.39. The Morgan fingerprint density at radius 1 is 1.08 bits per heavy atom. The van der Waals surface area contributed by atoms with Gasteiger partial charge in [-0.05, 0) is 43.5 Å². The number of ether oxygens (including phenoxy) is 2. The molecule has 0 radical (unpaired) electrons. The van der Waals surface area contributed by atoms with Crippen LogP contribution in [0.15, 0.2) is 48.5 Å². The van der Waals surface area contributed by atoms with Crippen LogP contribution in [0.4, 0.5) is 5.69 Å². The van der Waals surface area contributed by atoms with E-state index in [0.717, 1.165) is 5.56 Å². The number of hydrogen-bond donors (Lipinski definition) is 2. The van der Waals surface area contributed by atoms with E-state index in [1.165, 1.54) is 0 Å². The van der Waals surface area contributed by atoms with Gasteiger partial charge in [-0.3, -0.25) is 14.4 Å². The van der Waals surface area contributed by atoms with Crippen LogP contribution in [0.25, 0.3) is 0 Å². The molecule has 4 atom stereocenters. The van der Waals surface area contributed by atoms with E-state index >= 15 is 0 Å². The monoisotopic (exact) mass is 493 g/mol. The molecular formula is C28H35N3O5. The smallest absolute Gasteiger partial charge is 0.257 e. The van der Waals surface area contributed by atoms with Crippen LogP contribution in [-0.4, -0.2) is 54.5 Å². The molecule has 3 amide bonds. The molecule has 8 nitrogen and oxygen atoms in total. The van der Waals surface area contributed by atoms with Crippen molar-refractivity contribution in [3.05, 3.63) is 59.7 Å². The number of fused-ring (bicyclic) bond motifs is 2. The highest BCUT2D eigenvalue weighted by Crippen LogP contribution is 2.32. The fourth-order valence-electron chi connectivity index (χ4n) is 4.72. The molecule has 2 aromatic carbocycles. The number of nitrogens with one attached hydrogen (secondary N) is 2. The first-order valence-electron chi connectivity index (χ1n) is 12.6. The van der Waals surface area contributed by atoms with Gasteiger partial charge in [0, 0.05) is 18.7 Å². The van der Waals surface area contributed by atoms with E-state index in [9.17, 15) is 14.4 Å². The van der Waals surface area contributed by atoms with Crippen LogP contribution >= 0.6 is 0 Å². The number of hydrogen-bond acceptors (Lipinski definition) is 5. The maximum absolute atomic E-state index is 13.3. The number of amides is 3. The first kappa shape index (κ1) is 25.7. The van der Waals surface area contributed by atoms with Gasteiger partial charge in [0.15, 0.2) is 0 Å². The lowest BCUT2D eigenvalue weighted by Crippen LogP contribution is -2.54. The van der Waals surface area contributed by atoms with E-state index < -0.39 is 0 Å². The SMILES string of the molecule is CC(C)C(=O)Nc1ccc2c(c1)C(=O)N(C)[C@H]1CC[C@@H](CC(=O)N[C@H](C)c3ccccc3)O[C@@H]1CO2. The Kier molecular flexibility index (Phi) is 7.94. The van der Waals surface area contributed by atoms with Crippen molar-refractivity contribution >= 4 is 23.4 Å². The molecule has 1 saturated heterocycles. The first-order chi connectivity index (χ1) is 17.2. The summed E-state index contributed by atoms with van der Waals surface area (Å²) < 4.78 is 12.3. The fraction of sp³-hybridized carbons (Fsp3) is 0.464. The summed E-state index contributed by atoms with van der Waals surface area (Å²) in [6.45, 7) is 5.86. The van der Waals surface area contributed by atoms with Gasteiger partial charge in [-0.1, -0.05) is 44.2 Å². The second kappa shape index (κ2) is 11.1. The van der Waals surface area contributed by atoms with Gasteiger partial charge in [-0.25, -0.2) is 0 Å². The maximum atomic E-state index is 13.3. The number of likely N-dealkylation sites (N-methyl/N-ethyl adjacent to an activating group) is 1. The summed E-state index contributed by atoms with van der Waals surface area (Å²) in [6, 6.07) is 14.7. The zero-order valence-corrected chi connectivity index (χ0v) is 21.3. The van der Waals surface area contributed by atoms with Crippen molar-refractivity contribution < 1.29 is 23.9 Å². The zero-order valence-electron chi connectivity index (χ0n) is 21.3. The summed E-state index contributed by atoms with van der Waals surface area (Å²) in [5.41, 5.74) is 2.02. The van der Waals surface area contributed by atoms with Gasteiger partial charge in [0.05, 0.1) is 30.2 Å². The summed E-state index contributed by atoms with van der Waals surface area (Å²) in [7, 11) is 1.77. The van der Waals surface area contributed by atoms with Gasteiger partial charge in [0.2, 0.25) is 11.8 Å². The Bertz CT molecular complexity index is 1100. The van der Waals surface area contributed by atoms with Crippen LogP contribution in [0, 0.1) is 5.92 Å². The van der Waals surface area contributed by atoms with Crippen molar-refractivity contribution in [1.82, 2.24) is 10.2 Å². The molecule has 0 aliphatic carbocycles. The lowest BCUT2D eigenvalue weighted by molar-refractivity contribution is -0.134. The minimum absolute atomic E-state index is 0.0627. The Morgan fingerprint density at radius 2 is 1.83 bits per heavy atom. The standard InChI is InChI=1S/C28H35N3O5/c1-17(2)27(33)30-20-10-13-24-22(14-20)28(34)31(4)23-12-11-21(36-25(23)16-35-24)15-26(32)29-18(3)19-8-6-5-7-9-19/h5-10,13-14,17-18,21,23,25H,11-12,15-16H2,1-4H3,(H,29,32)(H,30,33)/t18-,21+,23+,25-/m1/s1. The molecule has 2 N–H and O–H groups in total. The summed E-state index contributed by atoms with van der Waals surface area (Å²) in [5.74, 6) is -0.0769.